The van der Waals surface area contributed by atoms with Crippen LogP contribution in [0.1, 0.15) is 15.9 Å². The summed E-state index contributed by atoms with van der Waals surface area (Å²) in [5, 5.41) is 11.9. The molecule has 2 aromatic heterocycles. The van der Waals surface area contributed by atoms with Gasteiger partial charge in [-0.25, -0.2) is 14.6 Å². The molecule has 0 bridgehead atoms. The summed E-state index contributed by atoms with van der Waals surface area (Å²) >= 11 is 1.10. The molecule has 0 spiro atoms. The highest BCUT2D eigenvalue weighted by Crippen LogP contribution is 2.16. The molecule has 0 unspecified atom stereocenters. The number of imidazole rings is 1. The number of hydrogen-bond acceptors (Lipinski definition) is 6. The first-order valence-electron chi connectivity index (χ1n) is 8.15. The molecule has 3 aromatic rings. The van der Waals surface area contributed by atoms with E-state index < -0.39 is 17.2 Å². The summed E-state index contributed by atoms with van der Waals surface area (Å²) in [5.74, 6) is -1.21. The van der Waals surface area contributed by atoms with Gasteiger partial charge in [-0.2, -0.15) is 0 Å². The maximum Gasteiger partial charge on any atom is 0.335 e. The zero-order valence-electron chi connectivity index (χ0n) is 15.1. The Morgan fingerprint density at radius 3 is 2.50 bits per heavy atom. The second-order valence-electron chi connectivity index (χ2n) is 6.01. The third-order valence-corrected chi connectivity index (χ3v) is 4.98. The Morgan fingerprint density at radius 1 is 1.18 bits per heavy atom. The molecule has 0 atom stereocenters. The van der Waals surface area contributed by atoms with Crippen LogP contribution in [-0.4, -0.2) is 41.8 Å². The number of nitrogens with one attached hydrogen (secondary N) is 2. The second-order valence-corrected chi connectivity index (χ2v) is 6.98. The van der Waals surface area contributed by atoms with Crippen molar-refractivity contribution in [3.05, 3.63) is 56.2 Å². The van der Waals surface area contributed by atoms with Gasteiger partial charge in [0.15, 0.2) is 16.3 Å². The maximum absolute atomic E-state index is 12.1. The number of carboxylic acids is 1. The SMILES string of the molecule is Cn1c(=O)c2[nH]c(SCC(=O)NCc3ccc(C(=O)O)cc3)nc2n(C)c1=O. The van der Waals surface area contributed by atoms with E-state index in [9.17, 15) is 19.2 Å². The fourth-order valence-electron chi connectivity index (χ4n) is 2.52. The molecule has 0 aliphatic carbocycles. The molecule has 1 aromatic carbocycles. The van der Waals surface area contributed by atoms with Gasteiger partial charge in [0.2, 0.25) is 5.91 Å². The van der Waals surface area contributed by atoms with Crippen molar-refractivity contribution in [1.29, 1.82) is 0 Å². The Bertz CT molecular complexity index is 1180. The van der Waals surface area contributed by atoms with Gasteiger partial charge < -0.3 is 15.4 Å². The van der Waals surface area contributed by atoms with Gasteiger partial charge in [-0.3, -0.25) is 18.7 Å². The van der Waals surface area contributed by atoms with Gasteiger partial charge in [0.05, 0.1) is 11.3 Å². The average Bonchev–Trinajstić information content (AvgIpc) is 3.12. The molecule has 0 radical (unpaired) electrons. The molecule has 0 saturated carbocycles. The summed E-state index contributed by atoms with van der Waals surface area (Å²) in [6.07, 6.45) is 0. The number of amides is 1. The third-order valence-electron chi connectivity index (χ3n) is 4.10. The van der Waals surface area contributed by atoms with E-state index in [2.05, 4.69) is 15.3 Å². The number of rotatable bonds is 6. The standard InChI is InChI=1S/C17H17N5O5S/c1-21-13-12(14(24)22(2)17(21)27)19-16(20-13)28-8-11(23)18-7-9-3-5-10(6-4-9)15(25)26/h3-6H,7-8H2,1-2H3,(H,18,23)(H,19,20)(H,25,26). The number of carboxylic acid groups (broad SMARTS) is 1. The lowest BCUT2D eigenvalue weighted by Crippen LogP contribution is -2.36. The highest BCUT2D eigenvalue weighted by Gasteiger charge is 2.14. The lowest BCUT2D eigenvalue weighted by molar-refractivity contribution is -0.118. The number of aromatic amines is 1. The number of benzene rings is 1. The van der Waals surface area contributed by atoms with Crippen LogP contribution >= 0.6 is 11.8 Å². The predicted molar refractivity (Wildman–Crippen MR) is 103 cm³/mol. The lowest BCUT2D eigenvalue weighted by atomic mass is 10.1. The predicted octanol–water partition coefficient (Wildman–Crippen LogP) is 0.0670. The Labute approximate surface area is 162 Å². The van der Waals surface area contributed by atoms with E-state index in [4.69, 9.17) is 5.11 Å². The van der Waals surface area contributed by atoms with E-state index in [-0.39, 0.29) is 34.9 Å². The Kier molecular flexibility index (Phi) is 5.36. The molecule has 28 heavy (non-hydrogen) atoms. The molecule has 146 valence electrons. The monoisotopic (exact) mass is 403 g/mol. The van der Waals surface area contributed by atoms with Crippen LogP contribution in [-0.2, 0) is 25.4 Å². The van der Waals surface area contributed by atoms with Crippen LogP contribution in [0, 0.1) is 0 Å². The van der Waals surface area contributed by atoms with Crippen LogP contribution in [0.4, 0.5) is 0 Å². The number of hydrogen-bond donors (Lipinski definition) is 3. The first-order valence-corrected chi connectivity index (χ1v) is 9.14. The highest BCUT2D eigenvalue weighted by atomic mass is 32.2. The number of carbonyl (C=O) groups excluding carboxylic acids is 1. The van der Waals surface area contributed by atoms with Gasteiger partial charge in [-0.05, 0) is 17.7 Å². The number of aryl methyl sites for hydroxylation is 1. The van der Waals surface area contributed by atoms with Gasteiger partial charge in [-0.15, -0.1) is 0 Å². The Balaban J connectivity index is 1.62. The Hall–Kier alpha value is -3.34. The summed E-state index contributed by atoms with van der Waals surface area (Å²) in [6, 6.07) is 6.20. The highest BCUT2D eigenvalue weighted by molar-refractivity contribution is 7.99. The molecular weight excluding hydrogens is 386 g/mol. The van der Waals surface area contributed by atoms with E-state index in [0.29, 0.717) is 5.16 Å². The molecule has 2 heterocycles. The van der Waals surface area contributed by atoms with Crippen molar-refractivity contribution in [1.82, 2.24) is 24.4 Å². The zero-order valence-corrected chi connectivity index (χ0v) is 15.9. The van der Waals surface area contributed by atoms with Crippen molar-refractivity contribution < 1.29 is 14.7 Å². The van der Waals surface area contributed by atoms with Crippen LogP contribution < -0.4 is 16.6 Å². The molecule has 0 aliphatic rings. The van der Waals surface area contributed by atoms with Gasteiger partial charge in [0, 0.05) is 20.6 Å². The topological polar surface area (TPSA) is 139 Å². The molecule has 10 nitrogen and oxygen atoms in total. The van der Waals surface area contributed by atoms with E-state index in [1.807, 2.05) is 0 Å². The van der Waals surface area contributed by atoms with Gasteiger partial charge in [-0.1, -0.05) is 23.9 Å². The van der Waals surface area contributed by atoms with Gasteiger partial charge in [0.1, 0.15) is 0 Å². The van der Waals surface area contributed by atoms with E-state index >= 15 is 0 Å². The molecule has 3 rings (SSSR count). The fourth-order valence-corrected chi connectivity index (χ4v) is 3.22. The van der Waals surface area contributed by atoms with Gasteiger partial charge >= 0.3 is 11.7 Å². The summed E-state index contributed by atoms with van der Waals surface area (Å²) in [4.78, 5) is 54.0. The number of aromatic carboxylic acids is 1. The van der Waals surface area contributed by atoms with Crippen molar-refractivity contribution in [3.8, 4) is 0 Å². The lowest BCUT2D eigenvalue weighted by Gasteiger charge is -2.05. The number of carbonyl (C=O) groups is 2. The van der Waals surface area contributed by atoms with E-state index in [1.54, 1.807) is 12.1 Å². The number of H-pyrrole nitrogens is 1. The number of thioether (sulfide) groups is 1. The molecule has 3 N–H and O–H groups in total. The average molecular weight is 403 g/mol. The number of nitrogens with zero attached hydrogens (tertiary/aromatic N) is 3. The van der Waals surface area contributed by atoms with Gasteiger partial charge in [0.25, 0.3) is 5.56 Å². The zero-order chi connectivity index (χ0) is 20.4. The molecule has 11 heteroatoms. The molecule has 0 aliphatic heterocycles. The third kappa shape index (κ3) is 3.83. The van der Waals surface area contributed by atoms with Crippen molar-refractivity contribution >= 4 is 34.8 Å². The van der Waals surface area contributed by atoms with Crippen molar-refractivity contribution in [3.63, 3.8) is 0 Å². The summed E-state index contributed by atoms with van der Waals surface area (Å²) in [5.41, 5.74) is 0.418. The molecule has 0 saturated heterocycles. The largest absolute Gasteiger partial charge is 0.478 e. The molecule has 1 amide bonds. The minimum absolute atomic E-state index is 0.0568. The minimum atomic E-state index is -1.01. The molecule has 0 fully saturated rings. The van der Waals surface area contributed by atoms with E-state index in [1.165, 1.54) is 30.8 Å². The van der Waals surface area contributed by atoms with Crippen LogP contribution in [0.5, 0.6) is 0 Å². The van der Waals surface area contributed by atoms with Crippen molar-refractivity contribution in [2.24, 2.45) is 14.1 Å². The Morgan fingerprint density at radius 2 is 1.86 bits per heavy atom. The normalized spacial score (nSPS) is 10.9. The van der Waals surface area contributed by atoms with Crippen LogP contribution in [0.2, 0.25) is 0 Å². The fraction of sp³-hybridized carbons (Fsp3) is 0.235. The first-order chi connectivity index (χ1) is 13.3. The van der Waals surface area contributed by atoms with Crippen LogP contribution in [0.15, 0.2) is 39.0 Å². The smallest absolute Gasteiger partial charge is 0.335 e. The summed E-state index contributed by atoms with van der Waals surface area (Å²) < 4.78 is 2.25. The second kappa shape index (κ2) is 7.72. The number of fused-ring (bicyclic) bond motifs is 1. The van der Waals surface area contributed by atoms with Crippen molar-refractivity contribution in [2.75, 3.05) is 5.75 Å². The van der Waals surface area contributed by atoms with Crippen molar-refractivity contribution in [2.45, 2.75) is 11.7 Å². The van der Waals surface area contributed by atoms with Crippen LogP contribution in [0.3, 0.4) is 0 Å². The molecular formula is C17H17N5O5S. The first kappa shape index (κ1) is 19.4. The summed E-state index contributed by atoms with van der Waals surface area (Å²) in [6.45, 7) is 0.258. The quantitative estimate of drug-likeness (QED) is 0.495. The van der Waals surface area contributed by atoms with Crippen LogP contribution in [0.25, 0.3) is 11.2 Å². The van der Waals surface area contributed by atoms with E-state index in [0.717, 1.165) is 21.9 Å². The summed E-state index contributed by atoms with van der Waals surface area (Å²) in [7, 11) is 2.90. The minimum Gasteiger partial charge on any atom is -0.478 e. The maximum atomic E-state index is 12.1. The number of aromatic nitrogens is 4.